The lowest BCUT2D eigenvalue weighted by Gasteiger charge is -1.88. The van der Waals surface area contributed by atoms with E-state index in [1.807, 2.05) is 0 Å². The Morgan fingerprint density at radius 1 is 1.20 bits per heavy atom. The first-order valence-electron chi connectivity index (χ1n) is 2.13. The number of allylic oxidation sites excluding steroid dienone is 2. The van der Waals surface area contributed by atoms with Crippen molar-refractivity contribution in [2.24, 2.45) is 0 Å². The van der Waals surface area contributed by atoms with Crippen LogP contribution in [0.15, 0.2) is 18.2 Å². The normalized spacial score (nSPS) is 23.3. The molecule has 0 fully saturated rings. The fourth-order valence-corrected chi connectivity index (χ4v) is 4.08. The van der Waals surface area contributed by atoms with Crippen LogP contribution < -0.4 is 0 Å². The van der Waals surface area contributed by atoms with Gasteiger partial charge >= 0.3 is 0 Å². The van der Waals surface area contributed by atoms with Gasteiger partial charge < -0.3 is 0 Å². The maximum atomic E-state index is 10.9. The summed E-state index contributed by atoms with van der Waals surface area (Å²) in [4.78, 5) is 0. The molecule has 0 amide bonds. The molecular weight excluding hydrogens is 352 g/mol. The Balaban J connectivity index is 3.41. The lowest BCUT2D eigenvalue weighted by molar-refractivity contribution is 0.612. The fraction of sp³-hybridized carbons (Fsp3) is 0. The molecule has 1 aliphatic rings. The zero-order valence-electron chi connectivity index (χ0n) is 4.44. The third kappa shape index (κ3) is 1.39. The predicted octanol–water partition coefficient (Wildman–Crippen LogP) is 2.61. The summed E-state index contributed by atoms with van der Waals surface area (Å²) in [6.45, 7) is 0. The van der Waals surface area contributed by atoms with Gasteiger partial charge in [-0.3, -0.25) is 0 Å². The van der Waals surface area contributed by atoms with E-state index in [0.717, 1.165) is 5.41 Å². The van der Waals surface area contributed by atoms with Crippen LogP contribution in [0.25, 0.3) is 0 Å². The van der Waals surface area contributed by atoms with Crippen molar-refractivity contribution < 1.29 is 8.42 Å². The molecular formula is C4HBr3O2S. The van der Waals surface area contributed by atoms with Crippen LogP contribution in [0.3, 0.4) is 0 Å². The molecule has 1 rings (SSSR count). The highest BCUT2D eigenvalue weighted by Crippen LogP contribution is 2.39. The van der Waals surface area contributed by atoms with Crippen LogP contribution in [0, 0.1) is 0 Å². The minimum absolute atomic E-state index is 0.173. The van der Waals surface area contributed by atoms with Crippen LogP contribution in [0.5, 0.6) is 0 Å². The first kappa shape index (κ1) is 8.96. The van der Waals surface area contributed by atoms with Gasteiger partial charge in [0.25, 0.3) is 0 Å². The Labute approximate surface area is 83.7 Å². The summed E-state index contributed by atoms with van der Waals surface area (Å²) >= 11 is 9.08. The number of sulfone groups is 1. The molecule has 0 saturated carbocycles. The number of rotatable bonds is 0. The molecule has 0 aromatic rings. The molecule has 10 heavy (non-hydrogen) atoms. The topological polar surface area (TPSA) is 34.1 Å². The van der Waals surface area contributed by atoms with Crippen molar-refractivity contribution in [3.8, 4) is 0 Å². The first-order chi connectivity index (χ1) is 4.45. The smallest absolute Gasteiger partial charge is 0.208 e. The molecule has 6 heteroatoms. The van der Waals surface area contributed by atoms with E-state index < -0.39 is 9.84 Å². The van der Waals surface area contributed by atoms with Crippen molar-refractivity contribution in [2.75, 3.05) is 0 Å². The summed E-state index contributed by atoms with van der Waals surface area (Å²) in [5.41, 5.74) is 0. The molecule has 0 spiro atoms. The zero-order valence-corrected chi connectivity index (χ0v) is 10.0. The molecule has 0 aliphatic carbocycles. The maximum Gasteiger partial charge on any atom is 0.208 e. The van der Waals surface area contributed by atoms with Gasteiger partial charge in [0, 0.05) is 4.48 Å². The van der Waals surface area contributed by atoms with E-state index in [1.54, 1.807) is 0 Å². The Morgan fingerprint density at radius 2 is 1.70 bits per heavy atom. The second-order valence-corrected chi connectivity index (χ2v) is 6.30. The molecule has 56 valence electrons. The second-order valence-electron chi connectivity index (χ2n) is 1.60. The summed E-state index contributed by atoms with van der Waals surface area (Å²) in [6.07, 6.45) is 0. The maximum absolute atomic E-state index is 10.9. The zero-order chi connectivity index (χ0) is 7.94. The van der Waals surface area contributed by atoms with Gasteiger partial charge in [0.05, 0.1) is 9.89 Å². The van der Waals surface area contributed by atoms with E-state index in [0.29, 0.717) is 8.96 Å². The van der Waals surface area contributed by atoms with Gasteiger partial charge in [-0.25, -0.2) is 8.42 Å². The minimum Gasteiger partial charge on any atom is -0.219 e. The van der Waals surface area contributed by atoms with Crippen LogP contribution in [0.4, 0.5) is 0 Å². The molecule has 0 atom stereocenters. The lowest BCUT2D eigenvalue weighted by Crippen LogP contribution is -1.88. The largest absolute Gasteiger partial charge is 0.219 e. The molecule has 0 radical (unpaired) electrons. The average Bonchev–Trinajstić information content (AvgIpc) is 1.95. The number of hydrogen-bond acceptors (Lipinski definition) is 2. The van der Waals surface area contributed by atoms with Crippen molar-refractivity contribution in [1.82, 2.24) is 0 Å². The summed E-state index contributed by atoms with van der Waals surface area (Å²) in [5, 5.41) is 1.14. The summed E-state index contributed by atoms with van der Waals surface area (Å²) < 4.78 is 23.1. The average molecular weight is 353 g/mol. The Hall–Kier alpha value is 0.870. The fourth-order valence-electron chi connectivity index (χ4n) is 0.458. The molecule has 0 saturated heterocycles. The van der Waals surface area contributed by atoms with E-state index in [9.17, 15) is 8.42 Å². The summed E-state index contributed by atoms with van der Waals surface area (Å²) in [6, 6.07) is 0. The Morgan fingerprint density at radius 3 is 1.80 bits per heavy atom. The van der Waals surface area contributed by atoms with Crippen LogP contribution in [-0.4, -0.2) is 8.42 Å². The quantitative estimate of drug-likeness (QED) is 0.671. The molecule has 1 heterocycles. The summed E-state index contributed by atoms with van der Waals surface area (Å²) in [7, 11) is -3.18. The van der Waals surface area contributed by atoms with Gasteiger partial charge in [-0.2, -0.15) is 0 Å². The highest BCUT2D eigenvalue weighted by atomic mass is 79.9. The Bertz CT molecular complexity index is 324. The molecule has 1 aliphatic heterocycles. The van der Waals surface area contributed by atoms with Crippen molar-refractivity contribution in [3.05, 3.63) is 18.2 Å². The monoisotopic (exact) mass is 350 g/mol. The standard InChI is InChI=1S/C4HBr3O2S/c5-2-1-10(8,9)4(7)3(2)6/h1H. The van der Waals surface area contributed by atoms with Crippen molar-refractivity contribution in [3.63, 3.8) is 0 Å². The molecule has 0 unspecified atom stereocenters. The van der Waals surface area contributed by atoms with Crippen LogP contribution in [-0.2, 0) is 9.84 Å². The van der Waals surface area contributed by atoms with Crippen LogP contribution in [0.2, 0.25) is 0 Å². The third-order valence-corrected chi connectivity index (χ3v) is 6.97. The van der Waals surface area contributed by atoms with E-state index in [4.69, 9.17) is 0 Å². The van der Waals surface area contributed by atoms with Gasteiger partial charge in [-0.15, -0.1) is 0 Å². The highest BCUT2D eigenvalue weighted by Gasteiger charge is 2.25. The van der Waals surface area contributed by atoms with E-state index >= 15 is 0 Å². The predicted molar refractivity (Wildman–Crippen MR) is 50.8 cm³/mol. The van der Waals surface area contributed by atoms with Crippen LogP contribution >= 0.6 is 47.8 Å². The van der Waals surface area contributed by atoms with E-state index in [2.05, 4.69) is 47.8 Å². The minimum atomic E-state index is -3.18. The van der Waals surface area contributed by atoms with Crippen molar-refractivity contribution in [2.45, 2.75) is 0 Å². The van der Waals surface area contributed by atoms with Gasteiger partial charge in [-0.1, -0.05) is 0 Å². The second kappa shape index (κ2) is 2.73. The number of hydrogen-bond donors (Lipinski definition) is 0. The molecule has 0 aromatic carbocycles. The highest BCUT2D eigenvalue weighted by molar-refractivity contribution is 9.17. The lowest BCUT2D eigenvalue weighted by atomic mass is 10.6. The molecule has 0 N–H and O–H groups in total. The molecule has 0 bridgehead atoms. The van der Waals surface area contributed by atoms with Crippen molar-refractivity contribution >= 4 is 57.6 Å². The van der Waals surface area contributed by atoms with Gasteiger partial charge in [-0.05, 0) is 47.8 Å². The van der Waals surface area contributed by atoms with E-state index in [-0.39, 0.29) is 3.81 Å². The molecule has 2 nitrogen and oxygen atoms in total. The van der Waals surface area contributed by atoms with Gasteiger partial charge in [0.15, 0.2) is 0 Å². The van der Waals surface area contributed by atoms with Crippen LogP contribution in [0.1, 0.15) is 0 Å². The third-order valence-electron chi connectivity index (χ3n) is 0.891. The van der Waals surface area contributed by atoms with Crippen molar-refractivity contribution in [1.29, 1.82) is 0 Å². The number of halogens is 3. The Kier molecular flexibility index (Phi) is 2.45. The molecule has 0 aromatic heterocycles. The van der Waals surface area contributed by atoms with Gasteiger partial charge in [0.1, 0.15) is 3.81 Å². The summed E-state index contributed by atoms with van der Waals surface area (Å²) in [5.74, 6) is 0. The SMILES string of the molecule is O=S1(=O)C=C(Br)C(Br)=C1Br. The van der Waals surface area contributed by atoms with Gasteiger partial charge in [0.2, 0.25) is 9.84 Å². The first-order valence-corrected chi connectivity index (χ1v) is 6.05. The van der Waals surface area contributed by atoms with E-state index in [1.165, 1.54) is 0 Å².